The van der Waals surface area contributed by atoms with E-state index < -0.39 is 107 Å². The van der Waals surface area contributed by atoms with Crippen molar-refractivity contribution in [2.24, 2.45) is 26.9 Å². The molecule has 0 spiro atoms. The van der Waals surface area contributed by atoms with Gasteiger partial charge < -0.3 is 34.2 Å². The van der Waals surface area contributed by atoms with Gasteiger partial charge in [-0.1, -0.05) is 24.3 Å². The molecular formula is C70H54F6I3N11O15S. The summed E-state index contributed by atoms with van der Waals surface area (Å²) in [5.74, 6) is -2.74. The molecule has 0 saturated carbocycles. The van der Waals surface area contributed by atoms with Gasteiger partial charge in [-0.15, -0.1) is 0 Å². The van der Waals surface area contributed by atoms with Crippen LogP contribution in [-0.2, 0) is 44.4 Å². The number of carbonyl (C=O) groups is 1. The van der Waals surface area contributed by atoms with E-state index >= 15 is 8.78 Å². The number of carbonyl (C=O) groups excluding carboxylic acids is 1. The van der Waals surface area contributed by atoms with Gasteiger partial charge in [-0.05, 0) is 196 Å². The average Bonchev–Trinajstić information content (AvgIpc) is 0.734. The molecule has 12 aromatic rings. The lowest BCUT2D eigenvalue weighted by atomic mass is 10.2. The molecule has 0 fully saturated rings. The predicted octanol–water partition coefficient (Wildman–Crippen LogP) is 10.5. The zero-order chi connectivity index (χ0) is 77.1. The van der Waals surface area contributed by atoms with E-state index in [1.54, 1.807) is 83.3 Å². The number of anilines is 2. The molecule has 0 aliphatic rings. The molecule has 36 heteroatoms. The fourth-order valence-electron chi connectivity index (χ4n) is 10.4. The molecule has 0 radical (unpaired) electrons. The van der Waals surface area contributed by atoms with Gasteiger partial charge in [0.25, 0.3) is 33.7 Å². The third-order valence-corrected chi connectivity index (χ3v) is 18.8. The molecule has 0 aliphatic heterocycles. The number of rotatable bonds is 17. The molecular weight excluding hydrogens is 1760 g/mol. The quantitative estimate of drug-likeness (QED) is 0.0370. The van der Waals surface area contributed by atoms with Gasteiger partial charge in [0.15, 0.2) is 5.75 Å². The minimum Gasteiger partial charge on any atom is -0.497 e. The van der Waals surface area contributed by atoms with E-state index in [0.29, 0.717) is 58.9 Å². The minimum atomic E-state index is -6.34. The maximum atomic E-state index is 15.3. The number of halogens is 9. The highest BCUT2D eigenvalue weighted by molar-refractivity contribution is 14.1. The van der Waals surface area contributed by atoms with Gasteiger partial charge in [-0.3, -0.25) is 61.6 Å². The predicted molar refractivity (Wildman–Crippen MR) is 404 cm³/mol. The van der Waals surface area contributed by atoms with Crippen molar-refractivity contribution in [1.82, 2.24) is 41.9 Å². The molecule has 0 saturated heterocycles. The molecule has 0 atom stereocenters. The number of ether oxygens (including phenoxy) is 4. The molecule has 3 N–H and O–H groups in total. The number of nitrogens with one attached hydrogen (secondary N) is 1. The van der Waals surface area contributed by atoms with Crippen LogP contribution in [0.5, 0.6) is 40.2 Å². The van der Waals surface area contributed by atoms with E-state index in [1.165, 1.54) is 101 Å². The normalized spacial score (nSPS) is 11.3. The number of alkyl halides is 3. The second-order valence-electron chi connectivity index (χ2n) is 22.8. The number of amides is 1. The maximum absolute atomic E-state index is 15.3. The van der Waals surface area contributed by atoms with E-state index in [1.807, 2.05) is 59.0 Å². The number of hydrogen-bond acceptors (Lipinski definition) is 18. The highest BCUT2D eigenvalue weighted by atomic mass is 127. The van der Waals surface area contributed by atoms with Crippen LogP contribution in [0.25, 0.3) is 33.4 Å². The molecule has 12 rings (SSSR count). The summed E-state index contributed by atoms with van der Waals surface area (Å²) in [6.07, 6.45) is 2.92. The highest BCUT2D eigenvalue weighted by Crippen LogP contribution is 2.34. The number of hydrogen-bond donors (Lipinski definition) is 2. The number of aromatic nitrogens is 9. The van der Waals surface area contributed by atoms with Gasteiger partial charge in [0.2, 0.25) is 0 Å². The van der Waals surface area contributed by atoms with Crippen LogP contribution in [0.2, 0.25) is 0 Å². The van der Waals surface area contributed by atoms with Crippen molar-refractivity contribution >= 4 is 117 Å². The first kappa shape index (κ1) is 77.7. The Balaban J connectivity index is 0.000000173. The number of nitrogens with zero attached hydrogens (tertiary/aromatic N) is 9. The lowest BCUT2D eigenvalue weighted by Gasteiger charge is -2.19. The third kappa shape index (κ3) is 16.6. The zero-order valence-corrected chi connectivity index (χ0v) is 63.3. The van der Waals surface area contributed by atoms with Gasteiger partial charge in [-0.25, -0.2) is 31.9 Å². The smallest absolute Gasteiger partial charge is 0.497 e. The van der Waals surface area contributed by atoms with Crippen molar-refractivity contribution in [1.29, 1.82) is 0 Å². The summed E-state index contributed by atoms with van der Waals surface area (Å²) in [6, 6.07) is 34.8. The summed E-state index contributed by atoms with van der Waals surface area (Å²) in [5, 5.41) is 1.84. The standard InChI is InChI=1S/C28H22FIN4O5.C23H16F4IN3O7S.C19H16FIN4O3/c1-16-4-8-20(14-31-16)39-23-13-24(35)32(2)26-25(23)27(36)33(15-17-5-9-19(38-3)10-6-17)28(37)34(26)22-11-7-18(30)12-21(22)29;1-29-18(32)10-17(38-39(35,36)23(25,26)27)19-20(29)31(16-8-5-13(28)9-15(16)24)22(34)30(21(19)33)11-12-3-6-14(37-2)7-4-12;1-10-3-5-12(9-23-10)28-15-8-16(26)25(2)19(17(15)18(22)27)24-14-6-4-11(21)7-13(14)20/h4-14H,15H2,1-3H3;3-10H,11H2,1-2H3;3-9,24H,1-2H3,(H2,22,27). The van der Waals surface area contributed by atoms with E-state index in [-0.39, 0.29) is 57.6 Å². The van der Waals surface area contributed by atoms with Gasteiger partial charge >= 0.3 is 27.0 Å². The van der Waals surface area contributed by atoms with Crippen molar-refractivity contribution in [3.05, 3.63) is 287 Å². The fraction of sp³-hybridized carbons (Fsp3) is 0.143. The van der Waals surface area contributed by atoms with Crippen LogP contribution >= 0.6 is 67.8 Å². The fourth-order valence-corrected chi connectivity index (χ4v) is 12.3. The Labute approximate surface area is 634 Å². The number of benzene rings is 5. The first-order valence-electron chi connectivity index (χ1n) is 30.5. The molecule has 0 bridgehead atoms. The molecule has 548 valence electrons. The van der Waals surface area contributed by atoms with E-state index in [4.69, 9.17) is 24.7 Å². The molecule has 7 heterocycles. The summed E-state index contributed by atoms with van der Waals surface area (Å²) in [5.41, 5.74) is -5.28. The van der Waals surface area contributed by atoms with Crippen LogP contribution in [0.4, 0.5) is 37.8 Å². The summed E-state index contributed by atoms with van der Waals surface area (Å²) in [4.78, 5) is 114. The SMILES string of the molecule is COc1ccc(Cn2c(=O)c3c(OS(=O)(=O)C(F)(F)F)cc(=O)n(C)c3n(-c3ccc(I)cc3F)c2=O)cc1.COc1ccc(Cn2c(=O)c3c(Oc4ccc(C)nc4)cc(=O)n(C)c3n(-c3ccc(I)cc3F)c2=O)cc1.Cc1ccc(Oc2cc(=O)n(C)c(Nc3ccc(I)cc3F)c2C(N)=O)cn1. The Bertz CT molecular complexity index is 6060. The zero-order valence-electron chi connectivity index (χ0n) is 56.0. The molecule has 7 aromatic heterocycles. The molecule has 0 aliphatic carbocycles. The molecule has 1 amide bonds. The second-order valence-corrected chi connectivity index (χ2v) is 28.1. The monoisotopic (exact) mass is 1820 g/mol. The Hall–Kier alpha value is -10.9. The van der Waals surface area contributed by atoms with Crippen molar-refractivity contribution in [3.8, 4) is 51.6 Å². The van der Waals surface area contributed by atoms with E-state index in [0.717, 1.165) is 54.9 Å². The van der Waals surface area contributed by atoms with E-state index in [2.05, 4.69) is 19.5 Å². The number of pyridine rings is 5. The number of fused-ring (bicyclic) bond motifs is 2. The second kappa shape index (κ2) is 31.8. The summed E-state index contributed by atoms with van der Waals surface area (Å²) in [6.45, 7) is 3.05. The highest BCUT2D eigenvalue weighted by Gasteiger charge is 2.49. The third-order valence-electron chi connectivity index (χ3n) is 15.8. The van der Waals surface area contributed by atoms with Crippen molar-refractivity contribution < 1.29 is 62.7 Å². The lowest BCUT2D eigenvalue weighted by Crippen LogP contribution is -2.42. The Kier molecular flexibility index (Phi) is 23.3. The lowest BCUT2D eigenvalue weighted by molar-refractivity contribution is -0.0499. The molecule has 0 unspecified atom stereocenters. The molecule has 26 nitrogen and oxygen atoms in total. The number of methoxy groups -OCH3 is 2. The van der Waals surface area contributed by atoms with Crippen molar-refractivity contribution in [2.45, 2.75) is 32.4 Å². The Morgan fingerprint density at radius 2 is 0.906 bits per heavy atom. The van der Waals surface area contributed by atoms with Crippen LogP contribution in [0.1, 0.15) is 32.9 Å². The largest absolute Gasteiger partial charge is 0.534 e. The van der Waals surface area contributed by atoms with Crippen molar-refractivity contribution in [3.63, 3.8) is 0 Å². The number of nitrogens with two attached hydrogens (primary N) is 1. The number of aryl methyl sites for hydroxylation is 4. The summed E-state index contributed by atoms with van der Waals surface area (Å²) in [7, 11) is 0.532. The topological polar surface area (TPSA) is 315 Å². The minimum absolute atomic E-state index is 0.0233. The van der Waals surface area contributed by atoms with Crippen LogP contribution in [0.3, 0.4) is 0 Å². The van der Waals surface area contributed by atoms with E-state index in [9.17, 15) is 64.3 Å². The van der Waals surface area contributed by atoms with Gasteiger partial charge in [0, 0.05) is 61.4 Å². The van der Waals surface area contributed by atoms with Crippen LogP contribution in [0.15, 0.2) is 192 Å². The van der Waals surface area contributed by atoms with Crippen LogP contribution in [-0.4, -0.2) is 76.0 Å². The Morgan fingerprint density at radius 3 is 1.30 bits per heavy atom. The first-order valence-corrected chi connectivity index (χ1v) is 35.2. The average molecular weight is 1820 g/mol. The Morgan fingerprint density at radius 1 is 0.519 bits per heavy atom. The molecule has 5 aromatic carbocycles. The molecule has 106 heavy (non-hydrogen) atoms. The number of primary amides is 1. The summed E-state index contributed by atoms with van der Waals surface area (Å²) < 4.78 is 142. The van der Waals surface area contributed by atoms with Gasteiger partial charge in [0.05, 0.1) is 56.8 Å². The first-order chi connectivity index (χ1) is 50.1. The van der Waals surface area contributed by atoms with Crippen LogP contribution < -0.4 is 73.4 Å². The van der Waals surface area contributed by atoms with Crippen molar-refractivity contribution in [2.75, 3.05) is 19.5 Å². The van der Waals surface area contributed by atoms with Gasteiger partial charge in [0.1, 0.15) is 85.4 Å². The summed E-state index contributed by atoms with van der Waals surface area (Å²) >= 11 is 5.74. The maximum Gasteiger partial charge on any atom is 0.534 e. The van der Waals surface area contributed by atoms with Gasteiger partial charge in [-0.2, -0.15) is 21.6 Å². The van der Waals surface area contributed by atoms with Crippen LogP contribution in [0, 0.1) is 42.0 Å².